The van der Waals surface area contributed by atoms with Gasteiger partial charge in [0.15, 0.2) is 5.82 Å². The van der Waals surface area contributed by atoms with Crippen LogP contribution < -0.4 is 14.5 Å². The number of hydrogen-bond donors (Lipinski definition) is 1. The smallest absolute Gasteiger partial charge is 0.246 e. The number of sulfonamides is 1. The standard InChI is InChI=1S/C32H33N7O3S/c1-3-29(40)39-17-16-38(19-23(39)12-14-33)31-25-13-15-37(28-9-5-8-22-7-4-6-21(2)30(22)28)20-27(25)35-32(26(31)18-34)36-43(41,42)24-10-11-24/h3-9,23-24H,1,10-13,15-17,19-20H2,2H3,(H,35,36). The first-order valence-corrected chi connectivity index (χ1v) is 16.1. The summed E-state index contributed by atoms with van der Waals surface area (Å²) >= 11 is 0. The zero-order valence-electron chi connectivity index (χ0n) is 24.1. The number of anilines is 3. The van der Waals surface area contributed by atoms with E-state index in [1.807, 2.05) is 17.0 Å². The Morgan fingerprint density at radius 2 is 1.91 bits per heavy atom. The SMILES string of the molecule is C=CC(=O)N1CCN(c2c(C#N)c(NS(=O)(=O)C3CC3)nc3c2CCN(c2cccc4cccc(C)c24)C3)CC1CC#N. The number of carbonyl (C=O) groups is 1. The van der Waals surface area contributed by atoms with Crippen molar-refractivity contribution in [1.29, 1.82) is 10.5 Å². The number of nitrogens with zero attached hydrogens (tertiary/aromatic N) is 6. The van der Waals surface area contributed by atoms with E-state index in [-0.39, 0.29) is 23.7 Å². The van der Waals surface area contributed by atoms with E-state index in [0.29, 0.717) is 63.4 Å². The van der Waals surface area contributed by atoms with E-state index >= 15 is 0 Å². The van der Waals surface area contributed by atoms with Crippen molar-refractivity contribution < 1.29 is 13.2 Å². The van der Waals surface area contributed by atoms with E-state index < -0.39 is 21.3 Å². The second-order valence-corrected chi connectivity index (χ2v) is 13.3. The third-order valence-corrected chi connectivity index (χ3v) is 10.5. The van der Waals surface area contributed by atoms with Crippen LogP contribution in [-0.4, -0.2) is 61.7 Å². The number of aromatic nitrogens is 1. The van der Waals surface area contributed by atoms with Gasteiger partial charge in [-0.25, -0.2) is 13.4 Å². The van der Waals surface area contributed by atoms with Crippen LogP contribution in [0.5, 0.6) is 0 Å². The highest BCUT2D eigenvalue weighted by molar-refractivity contribution is 7.93. The largest absolute Gasteiger partial charge is 0.366 e. The average molecular weight is 596 g/mol. The minimum atomic E-state index is -3.69. The Hall–Kier alpha value is -4.61. The van der Waals surface area contributed by atoms with Gasteiger partial charge in [-0.2, -0.15) is 10.5 Å². The molecule has 0 bridgehead atoms. The van der Waals surface area contributed by atoms with E-state index in [9.17, 15) is 23.7 Å². The quantitative estimate of drug-likeness (QED) is 0.405. The first-order chi connectivity index (χ1) is 20.7. The zero-order valence-corrected chi connectivity index (χ0v) is 24.9. The fourth-order valence-corrected chi connectivity index (χ4v) is 7.74. The lowest BCUT2D eigenvalue weighted by atomic mass is 9.95. The maximum absolute atomic E-state index is 13.1. The van der Waals surface area contributed by atoms with Crippen molar-refractivity contribution in [3.05, 3.63) is 71.4 Å². The number of amides is 1. The number of fused-ring (bicyclic) bond motifs is 2. The van der Waals surface area contributed by atoms with Crippen LogP contribution in [0.1, 0.15) is 41.6 Å². The molecule has 43 heavy (non-hydrogen) atoms. The van der Waals surface area contributed by atoms with Crippen LogP contribution in [0.25, 0.3) is 10.8 Å². The summed E-state index contributed by atoms with van der Waals surface area (Å²) in [5, 5.41) is 21.8. The molecule has 1 saturated heterocycles. The van der Waals surface area contributed by atoms with Crippen LogP contribution in [0.3, 0.4) is 0 Å². The molecule has 11 heteroatoms. The molecule has 2 fully saturated rings. The van der Waals surface area contributed by atoms with Crippen molar-refractivity contribution in [3.8, 4) is 12.1 Å². The van der Waals surface area contributed by atoms with Gasteiger partial charge in [0.2, 0.25) is 15.9 Å². The topological polar surface area (TPSA) is 133 Å². The second kappa shape index (κ2) is 11.2. The van der Waals surface area contributed by atoms with E-state index in [4.69, 9.17) is 4.98 Å². The summed E-state index contributed by atoms with van der Waals surface area (Å²) in [4.78, 5) is 23.3. The first-order valence-electron chi connectivity index (χ1n) is 14.5. The third-order valence-electron chi connectivity index (χ3n) is 8.66. The summed E-state index contributed by atoms with van der Waals surface area (Å²) in [6, 6.07) is 16.5. The molecular formula is C32H33N7O3S. The second-order valence-electron chi connectivity index (χ2n) is 11.4. The van der Waals surface area contributed by atoms with Crippen LogP contribution >= 0.6 is 0 Å². The lowest BCUT2D eigenvalue weighted by Gasteiger charge is -2.43. The summed E-state index contributed by atoms with van der Waals surface area (Å²) in [7, 11) is -3.69. The van der Waals surface area contributed by atoms with Crippen LogP contribution in [0, 0.1) is 29.6 Å². The maximum atomic E-state index is 13.1. The summed E-state index contributed by atoms with van der Waals surface area (Å²) in [5.41, 5.74) is 4.68. The number of carbonyl (C=O) groups excluding carboxylic acids is 1. The Morgan fingerprint density at radius 3 is 2.60 bits per heavy atom. The lowest BCUT2D eigenvalue weighted by molar-refractivity contribution is -0.128. The number of benzene rings is 2. The van der Waals surface area contributed by atoms with Gasteiger partial charge in [0.05, 0.1) is 41.7 Å². The molecule has 3 aliphatic rings. The van der Waals surface area contributed by atoms with Gasteiger partial charge in [-0.15, -0.1) is 0 Å². The number of piperazine rings is 1. The first kappa shape index (κ1) is 28.5. The molecule has 10 nitrogen and oxygen atoms in total. The number of nitrogens with one attached hydrogen (secondary N) is 1. The molecule has 0 spiro atoms. The molecule has 2 aromatic carbocycles. The summed E-state index contributed by atoms with van der Waals surface area (Å²) in [5.74, 6) is -0.198. The van der Waals surface area contributed by atoms with Crippen molar-refractivity contribution >= 4 is 43.9 Å². The molecule has 1 saturated carbocycles. The van der Waals surface area contributed by atoms with Crippen molar-refractivity contribution in [3.63, 3.8) is 0 Å². The van der Waals surface area contributed by atoms with E-state index in [1.54, 1.807) is 4.90 Å². The molecule has 6 rings (SSSR count). The molecule has 3 heterocycles. The highest BCUT2D eigenvalue weighted by Gasteiger charge is 2.39. The summed E-state index contributed by atoms with van der Waals surface area (Å²) in [6.45, 7) is 7.93. The van der Waals surface area contributed by atoms with Crippen molar-refractivity contribution in [2.75, 3.05) is 40.7 Å². The Morgan fingerprint density at radius 1 is 1.14 bits per heavy atom. The predicted octanol–water partition coefficient (Wildman–Crippen LogP) is 4.00. The molecule has 0 radical (unpaired) electrons. The molecule has 1 N–H and O–H groups in total. The van der Waals surface area contributed by atoms with Crippen LogP contribution in [0.15, 0.2) is 49.1 Å². The molecule has 1 atom stereocenters. The maximum Gasteiger partial charge on any atom is 0.246 e. The molecule has 220 valence electrons. The molecule has 1 aliphatic carbocycles. The summed E-state index contributed by atoms with van der Waals surface area (Å²) in [6.07, 6.45) is 3.14. The van der Waals surface area contributed by atoms with Gasteiger partial charge in [0, 0.05) is 42.8 Å². The summed E-state index contributed by atoms with van der Waals surface area (Å²) < 4.78 is 28.8. The molecule has 1 amide bonds. The van der Waals surface area contributed by atoms with Crippen LogP contribution in [0.4, 0.5) is 17.2 Å². The Kier molecular flexibility index (Phi) is 7.45. The Labute approximate surface area is 251 Å². The Bertz CT molecular complexity index is 1820. The lowest BCUT2D eigenvalue weighted by Crippen LogP contribution is -2.55. The van der Waals surface area contributed by atoms with Crippen molar-refractivity contribution in [2.24, 2.45) is 0 Å². The van der Waals surface area contributed by atoms with Gasteiger partial charge in [0.1, 0.15) is 11.6 Å². The normalized spacial score (nSPS) is 18.5. The number of aryl methyl sites for hydroxylation is 1. The van der Waals surface area contributed by atoms with Crippen molar-refractivity contribution in [2.45, 2.75) is 50.4 Å². The molecule has 1 aromatic heterocycles. The fourth-order valence-electron chi connectivity index (χ4n) is 6.40. The highest BCUT2D eigenvalue weighted by atomic mass is 32.2. The molecule has 1 unspecified atom stereocenters. The number of nitriles is 2. The van der Waals surface area contributed by atoms with Gasteiger partial charge in [-0.3, -0.25) is 9.52 Å². The van der Waals surface area contributed by atoms with Gasteiger partial charge in [0.25, 0.3) is 0 Å². The van der Waals surface area contributed by atoms with Crippen LogP contribution in [-0.2, 0) is 27.8 Å². The number of rotatable bonds is 7. The van der Waals surface area contributed by atoms with Crippen molar-refractivity contribution in [1.82, 2.24) is 9.88 Å². The predicted molar refractivity (Wildman–Crippen MR) is 166 cm³/mol. The van der Waals surface area contributed by atoms with Gasteiger partial charge in [-0.05, 0) is 49.3 Å². The van der Waals surface area contributed by atoms with Gasteiger partial charge in [-0.1, -0.05) is 36.9 Å². The minimum absolute atomic E-state index is 0.0422. The molecular weight excluding hydrogens is 562 g/mol. The highest BCUT2D eigenvalue weighted by Crippen LogP contribution is 2.40. The Balaban J connectivity index is 1.45. The fraction of sp³-hybridized carbons (Fsp3) is 0.375. The zero-order chi connectivity index (χ0) is 30.3. The third kappa shape index (κ3) is 5.26. The minimum Gasteiger partial charge on any atom is -0.366 e. The molecule has 3 aromatic rings. The van der Waals surface area contributed by atoms with E-state index in [2.05, 4.69) is 59.5 Å². The van der Waals surface area contributed by atoms with Gasteiger partial charge >= 0.3 is 0 Å². The van der Waals surface area contributed by atoms with Gasteiger partial charge < -0.3 is 14.7 Å². The monoisotopic (exact) mass is 595 g/mol. The molecule has 2 aliphatic heterocycles. The number of pyridine rings is 1. The van der Waals surface area contributed by atoms with E-state index in [0.717, 1.165) is 16.6 Å². The van der Waals surface area contributed by atoms with E-state index in [1.165, 1.54) is 17.0 Å². The van der Waals surface area contributed by atoms with Crippen LogP contribution in [0.2, 0.25) is 0 Å². The average Bonchev–Trinajstić information content (AvgIpc) is 3.86. The number of hydrogen-bond acceptors (Lipinski definition) is 8.